The van der Waals surface area contributed by atoms with Gasteiger partial charge in [0.15, 0.2) is 5.82 Å². The molecule has 0 bridgehead atoms. The monoisotopic (exact) mass is 361 g/mol. The van der Waals surface area contributed by atoms with Crippen LogP contribution in [0.2, 0.25) is 0 Å². The van der Waals surface area contributed by atoms with Crippen molar-refractivity contribution in [3.8, 4) is 0 Å². The van der Waals surface area contributed by atoms with Crippen LogP contribution in [0.25, 0.3) is 0 Å². The zero-order chi connectivity index (χ0) is 18.5. The molecule has 0 radical (unpaired) electrons. The highest BCUT2D eigenvalue weighted by molar-refractivity contribution is 5.44. The molecule has 0 spiro atoms. The number of aryl methyl sites for hydroxylation is 1. The van der Waals surface area contributed by atoms with E-state index < -0.39 is 0 Å². The molecular formula is C20H23N7. The van der Waals surface area contributed by atoms with Gasteiger partial charge in [-0.15, -0.1) is 5.10 Å². The molecule has 0 atom stereocenters. The number of pyridine rings is 1. The molecule has 0 aliphatic carbocycles. The number of piperazine rings is 1. The topological polar surface area (TPSA) is 70.1 Å². The first-order valence-corrected chi connectivity index (χ1v) is 9.18. The number of benzene rings is 1. The summed E-state index contributed by atoms with van der Waals surface area (Å²) in [5.74, 6) is 2.44. The Morgan fingerprint density at radius 1 is 0.963 bits per heavy atom. The second-order valence-electron chi connectivity index (χ2n) is 6.58. The molecule has 0 amide bonds. The summed E-state index contributed by atoms with van der Waals surface area (Å²) >= 11 is 0. The van der Waals surface area contributed by atoms with Crippen LogP contribution in [0.4, 0.5) is 17.6 Å². The van der Waals surface area contributed by atoms with Crippen molar-refractivity contribution in [1.29, 1.82) is 0 Å². The van der Waals surface area contributed by atoms with Crippen molar-refractivity contribution in [1.82, 2.24) is 20.2 Å². The standard InChI is InChI=1S/C20H23N7/c1-16-6-2-3-7-17(16)14-22-18-15-23-25-20(24-18)27-12-10-26(11-13-27)19-8-4-5-9-21-19/h2-9,15H,10-14H2,1H3,(H,22,24,25). The first-order valence-electron chi connectivity index (χ1n) is 9.18. The van der Waals surface area contributed by atoms with Gasteiger partial charge in [0.1, 0.15) is 5.82 Å². The van der Waals surface area contributed by atoms with E-state index in [0.29, 0.717) is 5.95 Å². The fourth-order valence-electron chi connectivity index (χ4n) is 3.18. The molecule has 1 N–H and O–H groups in total. The molecule has 3 aromatic rings. The van der Waals surface area contributed by atoms with Crippen molar-refractivity contribution < 1.29 is 0 Å². The summed E-state index contributed by atoms with van der Waals surface area (Å²) in [7, 11) is 0. The molecule has 2 aromatic heterocycles. The Bertz CT molecular complexity index is 876. The quantitative estimate of drug-likeness (QED) is 0.749. The van der Waals surface area contributed by atoms with Gasteiger partial charge in [-0.2, -0.15) is 10.1 Å². The van der Waals surface area contributed by atoms with Crippen molar-refractivity contribution in [3.63, 3.8) is 0 Å². The van der Waals surface area contributed by atoms with Gasteiger partial charge in [0.05, 0.1) is 6.20 Å². The normalized spacial score (nSPS) is 14.3. The summed E-state index contributed by atoms with van der Waals surface area (Å²) in [5.41, 5.74) is 2.51. The van der Waals surface area contributed by atoms with E-state index in [1.807, 2.05) is 30.5 Å². The van der Waals surface area contributed by atoms with E-state index in [0.717, 1.165) is 44.4 Å². The lowest BCUT2D eigenvalue weighted by Crippen LogP contribution is -2.47. The third kappa shape index (κ3) is 4.13. The molecular weight excluding hydrogens is 338 g/mol. The average Bonchev–Trinajstić information content (AvgIpc) is 2.74. The minimum atomic E-state index is 0.672. The molecule has 1 aromatic carbocycles. The predicted octanol–water partition coefficient (Wildman–Crippen LogP) is 2.51. The molecule has 1 fully saturated rings. The number of nitrogens with zero attached hydrogens (tertiary/aromatic N) is 6. The van der Waals surface area contributed by atoms with Crippen molar-refractivity contribution in [2.75, 3.05) is 41.3 Å². The number of anilines is 3. The van der Waals surface area contributed by atoms with Crippen molar-refractivity contribution in [2.24, 2.45) is 0 Å². The molecule has 7 nitrogen and oxygen atoms in total. The first kappa shape index (κ1) is 17.2. The van der Waals surface area contributed by atoms with Gasteiger partial charge in [-0.05, 0) is 30.2 Å². The summed E-state index contributed by atoms with van der Waals surface area (Å²) in [6, 6.07) is 14.3. The largest absolute Gasteiger partial charge is 0.365 e. The van der Waals surface area contributed by atoms with E-state index >= 15 is 0 Å². The van der Waals surface area contributed by atoms with Crippen molar-refractivity contribution >= 4 is 17.6 Å². The maximum absolute atomic E-state index is 4.65. The molecule has 0 saturated carbocycles. The highest BCUT2D eigenvalue weighted by atomic mass is 15.4. The van der Waals surface area contributed by atoms with E-state index in [9.17, 15) is 0 Å². The molecule has 4 rings (SSSR count). The number of hydrogen-bond donors (Lipinski definition) is 1. The number of rotatable bonds is 5. The SMILES string of the molecule is Cc1ccccc1CNc1cnnc(N2CCN(c3ccccn3)CC2)n1. The van der Waals surface area contributed by atoms with Gasteiger partial charge >= 0.3 is 0 Å². The molecule has 0 unspecified atom stereocenters. The maximum atomic E-state index is 4.65. The predicted molar refractivity (Wildman–Crippen MR) is 107 cm³/mol. The van der Waals surface area contributed by atoms with E-state index in [2.05, 4.69) is 60.4 Å². The minimum Gasteiger partial charge on any atom is -0.365 e. The second-order valence-corrected chi connectivity index (χ2v) is 6.58. The van der Waals surface area contributed by atoms with Crippen LogP contribution in [0.1, 0.15) is 11.1 Å². The number of hydrogen-bond acceptors (Lipinski definition) is 7. The van der Waals surface area contributed by atoms with E-state index in [-0.39, 0.29) is 0 Å². The third-order valence-electron chi connectivity index (χ3n) is 4.80. The Balaban J connectivity index is 1.37. The Labute approximate surface area is 159 Å². The Kier molecular flexibility index (Phi) is 5.09. The average molecular weight is 361 g/mol. The molecule has 27 heavy (non-hydrogen) atoms. The lowest BCUT2D eigenvalue weighted by molar-refractivity contribution is 0.630. The zero-order valence-electron chi connectivity index (χ0n) is 15.4. The van der Waals surface area contributed by atoms with Crippen LogP contribution in [-0.4, -0.2) is 46.3 Å². The fraction of sp³-hybridized carbons (Fsp3) is 0.300. The molecule has 138 valence electrons. The molecule has 7 heteroatoms. The smallest absolute Gasteiger partial charge is 0.247 e. The van der Waals surface area contributed by atoms with E-state index in [1.54, 1.807) is 6.20 Å². The molecule has 1 aliphatic heterocycles. The maximum Gasteiger partial charge on any atom is 0.247 e. The van der Waals surface area contributed by atoms with Gasteiger partial charge in [0, 0.05) is 38.9 Å². The van der Waals surface area contributed by atoms with Crippen molar-refractivity contribution in [3.05, 3.63) is 66.0 Å². The molecule has 1 saturated heterocycles. The number of aromatic nitrogens is 4. The Hall–Kier alpha value is -3.22. The van der Waals surface area contributed by atoms with Gasteiger partial charge in [0.2, 0.25) is 5.95 Å². The Morgan fingerprint density at radius 2 is 1.74 bits per heavy atom. The van der Waals surface area contributed by atoms with Crippen LogP contribution >= 0.6 is 0 Å². The number of nitrogens with one attached hydrogen (secondary N) is 1. The van der Waals surface area contributed by atoms with E-state index in [4.69, 9.17) is 0 Å². The van der Waals surface area contributed by atoms with Gasteiger partial charge < -0.3 is 15.1 Å². The summed E-state index contributed by atoms with van der Waals surface area (Å²) in [4.78, 5) is 13.5. The third-order valence-corrected chi connectivity index (χ3v) is 4.80. The van der Waals surface area contributed by atoms with Gasteiger partial charge in [-0.3, -0.25) is 0 Å². The molecule has 1 aliphatic rings. The van der Waals surface area contributed by atoms with Gasteiger partial charge in [0.25, 0.3) is 0 Å². The highest BCUT2D eigenvalue weighted by Gasteiger charge is 2.20. The van der Waals surface area contributed by atoms with Crippen LogP contribution in [0, 0.1) is 6.92 Å². The van der Waals surface area contributed by atoms with Gasteiger partial charge in [-0.25, -0.2) is 4.98 Å². The van der Waals surface area contributed by atoms with Crippen LogP contribution in [0.15, 0.2) is 54.9 Å². The van der Waals surface area contributed by atoms with Gasteiger partial charge in [-0.1, -0.05) is 30.3 Å². The lowest BCUT2D eigenvalue weighted by Gasteiger charge is -2.35. The zero-order valence-corrected chi connectivity index (χ0v) is 15.4. The molecule has 3 heterocycles. The van der Waals surface area contributed by atoms with E-state index in [1.165, 1.54) is 11.1 Å². The Morgan fingerprint density at radius 3 is 2.52 bits per heavy atom. The first-order chi connectivity index (χ1) is 13.3. The van der Waals surface area contributed by atoms with Crippen LogP contribution in [0.5, 0.6) is 0 Å². The summed E-state index contributed by atoms with van der Waals surface area (Å²) in [6.45, 7) is 6.31. The lowest BCUT2D eigenvalue weighted by atomic mass is 10.1. The highest BCUT2D eigenvalue weighted by Crippen LogP contribution is 2.17. The van der Waals surface area contributed by atoms with Crippen molar-refractivity contribution in [2.45, 2.75) is 13.5 Å². The fourth-order valence-corrected chi connectivity index (χ4v) is 3.18. The van der Waals surface area contributed by atoms with Crippen LogP contribution in [0.3, 0.4) is 0 Å². The summed E-state index contributed by atoms with van der Waals surface area (Å²) < 4.78 is 0. The summed E-state index contributed by atoms with van der Waals surface area (Å²) in [6.07, 6.45) is 3.50. The van der Waals surface area contributed by atoms with Crippen LogP contribution < -0.4 is 15.1 Å². The summed E-state index contributed by atoms with van der Waals surface area (Å²) in [5, 5.41) is 11.7. The second kappa shape index (κ2) is 7.99. The van der Waals surface area contributed by atoms with Crippen LogP contribution in [-0.2, 0) is 6.54 Å². The minimum absolute atomic E-state index is 0.672.